The first-order valence-corrected chi connectivity index (χ1v) is 5.86. The summed E-state index contributed by atoms with van der Waals surface area (Å²) in [6.45, 7) is 0.738. The van der Waals surface area contributed by atoms with Gasteiger partial charge in [-0.15, -0.1) is 11.3 Å². The Labute approximate surface area is 102 Å². The maximum absolute atomic E-state index is 13.5. The van der Waals surface area contributed by atoms with Gasteiger partial charge in [-0.05, 0) is 12.1 Å². The minimum absolute atomic E-state index is 0.259. The zero-order chi connectivity index (χ0) is 12.3. The number of methoxy groups -OCH3 is 1. The first kappa shape index (κ1) is 12.1. The lowest BCUT2D eigenvalue weighted by molar-refractivity contribution is 0.181. The molecule has 0 amide bonds. The number of ether oxygens (including phenoxy) is 1. The van der Waals surface area contributed by atoms with Crippen molar-refractivity contribution in [2.24, 2.45) is 5.73 Å². The Morgan fingerprint density at radius 3 is 3.00 bits per heavy atom. The molecule has 0 aliphatic heterocycles. The van der Waals surface area contributed by atoms with E-state index in [2.05, 4.69) is 9.97 Å². The number of halogens is 1. The van der Waals surface area contributed by atoms with E-state index in [1.54, 1.807) is 13.2 Å². The van der Waals surface area contributed by atoms with Crippen LogP contribution in [0.4, 0.5) is 4.39 Å². The number of rotatable bonds is 4. The van der Waals surface area contributed by atoms with Gasteiger partial charge in [-0.2, -0.15) is 0 Å². The molecule has 90 valence electrons. The quantitative estimate of drug-likeness (QED) is 0.904. The lowest BCUT2D eigenvalue weighted by atomic mass is 10.3. The van der Waals surface area contributed by atoms with E-state index in [4.69, 9.17) is 10.5 Å². The zero-order valence-corrected chi connectivity index (χ0v) is 10.1. The molecule has 2 heterocycles. The molecule has 0 atom stereocenters. The molecule has 4 nitrogen and oxygen atoms in total. The van der Waals surface area contributed by atoms with Gasteiger partial charge in [0.25, 0.3) is 0 Å². The van der Waals surface area contributed by atoms with Gasteiger partial charge in [0.15, 0.2) is 5.82 Å². The monoisotopic (exact) mass is 253 g/mol. The molecule has 0 fully saturated rings. The van der Waals surface area contributed by atoms with Crippen molar-refractivity contribution in [2.75, 3.05) is 7.11 Å². The fourth-order valence-corrected chi connectivity index (χ4v) is 2.38. The Morgan fingerprint density at radius 1 is 1.53 bits per heavy atom. The van der Waals surface area contributed by atoms with Crippen LogP contribution in [0.1, 0.15) is 10.6 Å². The van der Waals surface area contributed by atoms with Gasteiger partial charge in [-0.1, -0.05) is 0 Å². The average Bonchev–Trinajstić information content (AvgIpc) is 2.73. The van der Waals surface area contributed by atoms with E-state index in [0.29, 0.717) is 18.2 Å². The summed E-state index contributed by atoms with van der Waals surface area (Å²) in [6.07, 6.45) is 1.54. The highest BCUT2D eigenvalue weighted by molar-refractivity contribution is 7.15. The van der Waals surface area contributed by atoms with Crippen molar-refractivity contribution in [2.45, 2.75) is 13.2 Å². The number of nitrogens with zero attached hydrogens (tertiary/aromatic N) is 2. The van der Waals surface area contributed by atoms with E-state index in [0.717, 1.165) is 10.6 Å². The minimum Gasteiger partial charge on any atom is -0.378 e. The lowest BCUT2D eigenvalue weighted by Gasteiger charge is -1.96. The third-order valence-electron chi connectivity index (χ3n) is 2.21. The van der Waals surface area contributed by atoms with E-state index < -0.39 is 0 Å². The molecule has 6 heteroatoms. The summed E-state index contributed by atoms with van der Waals surface area (Å²) in [5.41, 5.74) is 6.62. The molecule has 0 saturated heterocycles. The van der Waals surface area contributed by atoms with E-state index in [1.165, 1.54) is 23.6 Å². The van der Waals surface area contributed by atoms with Crippen LogP contribution in [0.5, 0.6) is 0 Å². The number of thiazole rings is 1. The maximum Gasteiger partial charge on any atom is 0.151 e. The Balaban J connectivity index is 2.43. The van der Waals surface area contributed by atoms with E-state index in [9.17, 15) is 4.39 Å². The second-order valence-electron chi connectivity index (χ2n) is 3.36. The third kappa shape index (κ3) is 2.49. The van der Waals surface area contributed by atoms with E-state index >= 15 is 0 Å². The molecular formula is C11H12FN3OS. The predicted octanol–water partition coefficient (Wildman–Crippen LogP) is 1.95. The number of aromatic nitrogens is 2. The highest BCUT2D eigenvalue weighted by atomic mass is 32.1. The van der Waals surface area contributed by atoms with Gasteiger partial charge < -0.3 is 10.5 Å². The maximum atomic E-state index is 13.5. The van der Waals surface area contributed by atoms with Crippen molar-refractivity contribution in [3.05, 3.63) is 34.7 Å². The van der Waals surface area contributed by atoms with E-state index in [-0.39, 0.29) is 11.5 Å². The van der Waals surface area contributed by atoms with E-state index in [1.807, 2.05) is 0 Å². The molecule has 2 aromatic rings. The number of nitrogens with two attached hydrogens (primary N) is 1. The van der Waals surface area contributed by atoms with Crippen LogP contribution in [0.25, 0.3) is 10.7 Å². The molecule has 0 aliphatic carbocycles. The van der Waals surface area contributed by atoms with Crippen LogP contribution in [-0.4, -0.2) is 17.1 Å². The van der Waals surface area contributed by atoms with Crippen molar-refractivity contribution in [1.82, 2.24) is 9.97 Å². The molecule has 0 saturated carbocycles. The normalized spacial score (nSPS) is 10.8. The highest BCUT2D eigenvalue weighted by Crippen LogP contribution is 2.28. The SMILES string of the molecule is COCc1nc(-c2ncccc2F)sc1CN. The Kier molecular flexibility index (Phi) is 3.78. The van der Waals surface area contributed by atoms with Crippen molar-refractivity contribution in [3.8, 4) is 10.7 Å². The first-order valence-electron chi connectivity index (χ1n) is 5.04. The van der Waals surface area contributed by atoms with Gasteiger partial charge in [0, 0.05) is 24.7 Å². The molecule has 17 heavy (non-hydrogen) atoms. The lowest BCUT2D eigenvalue weighted by Crippen LogP contribution is -1.99. The molecule has 0 bridgehead atoms. The van der Waals surface area contributed by atoms with Gasteiger partial charge in [-0.25, -0.2) is 9.37 Å². The summed E-state index contributed by atoms with van der Waals surface area (Å²) in [5.74, 6) is -0.381. The van der Waals surface area contributed by atoms with Crippen LogP contribution in [0.2, 0.25) is 0 Å². The minimum atomic E-state index is -0.381. The third-order valence-corrected chi connectivity index (χ3v) is 3.33. The van der Waals surface area contributed by atoms with Crippen LogP contribution in [0, 0.1) is 5.82 Å². The smallest absolute Gasteiger partial charge is 0.151 e. The standard InChI is InChI=1S/C11H12FN3OS/c1-16-6-8-9(5-13)17-11(15-8)10-7(12)3-2-4-14-10/h2-4H,5-6,13H2,1H3. The summed E-state index contributed by atoms with van der Waals surface area (Å²) in [6, 6.07) is 2.91. The molecule has 0 unspecified atom stereocenters. The fourth-order valence-electron chi connectivity index (χ4n) is 1.44. The molecule has 2 N–H and O–H groups in total. The van der Waals surface area contributed by atoms with Gasteiger partial charge in [0.2, 0.25) is 0 Å². The van der Waals surface area contributed by atoms with Gasteiger partial charge >= 0.3 is 0 Å². The molecule has 2 aromatic heterocycles. The molecular weight excluding hydrogens is 241 g/mol. The summed E-state index contributed by atoms with van der Waals surface area (Å²) in [7, 11) is 1.58. The fraction of sp³-hybridized carbons (Fsp3) is 0.273. The van der Waals surface area contributed by atoms with Crippen molar-refractivity contribution < 1.29 is 9.13 Å². The number of hydrogen-bond donors (Lipinski definition) is 1. The molecule has 0 aromatic carbocycles. The topological polar surface area (TPSA) is 61.0 Å². The summed E-state index contributed by atoms with van der Waals surface area (Å²) >= 11 is 1.35. The highest BCUT2D eigenvalue weighted by Gasteiger charge is 2.14. The second kappa shape index (κ2) is 5.31. The Bertz CT molecular complexity index is 515. The first-order chi connectivity index (χ1) is 8.26. The van der Waals surface area contributed by atoms with Crippen LogP contribution < -0.4 is 5.73 Å². The second-order valence-corrected chi connectivity index (χ2v) is 4.44. The van der Waals surface area contributed by atoms with Crippen LogP contribution in [0.3, 0.4) is 0 Å². The zero-order valence-electron chi connectivity index (χ0n) is 9.31. The van der Waals surface area contributed by atoms with Crippen molar-refractivity contribution >= 4 is 11.3 Å². The summed E-state index contributed by atoms with van der Waals surface area (Å²) < 4.78 is 18.6. The number of pyridine rings is 1. The van der Waals surface area contributed by atoms with Crippen LogP contribution in [0.15, 0.2) is 18.3 Å². The summed E-state index contributed by atoms with van der Waals surface area (Å²) in [4.78, 5) is 9.20. The Hall–Kier alpha value is -1.37. The van der Waals surface area contributed by atoms with Gasteiger partial charge in [0.05, 0.1) is 12.3 Å². The molecule has 2 rings (SSSR count). The number of hydrogen-bond acceptors (Lipinski definition) is 5. The molecule has 0 radical (unpaired) electrons. The predicted molar refractivity (Wildman–Crippen MR) is 63.9 cm³/mol. The largest absolute Gasteiger partial charge is 0.378 e. The van der Waals surface area contributed by atoms with Crippen molar-refractivity contribution in [3.63, 3.8) is 0 Å². The average molecular weight is 253 g/mol. The van der Waals surface area contributed by atoms with Gasteiger partial charge in [0.1, 0.15) is 10.7 Å². The van der Waals surface area contributed by atoms with Crippen LogP contribution >= 0.6 is 11.3 Å². The Morgan fingerprint density at radius 2 is 2.35 bits per heavy atom. The molecule has 0 aliphatic rings. The summed E-state index contributed by atoms with van der Waals surface area (Å²) in [5, 5.41) is 0.538. The van der Waals surface area contributed by atoms with Gasteiger partial charge in [-0.3, -0.25) is 4.98 Å². The molecule has 0 spiro atoms. The van der Waals surface area contributed by atoms with Crippen molar-refractivity contribution in [1.29, 1.82) is 0 Å². The van der Waals surface area contributed by atoms with Crippen LogP contribution in [-0.2, 0) is 17.9 Å².